The van der Waals surface area contributed by atoms with E-state index in [2.05, 4.69) is 57.5 Å². The van der Waals surface area contributed by atoms with Gasteiger partial charge in [-0.25, -0.2) is 4.79 Å². The van der Waals surface area contributed by atoms with Gasteiger partial charge in [-0.05, 0) is 99.0 Å². The van der Waals surface area contributed by atoms with Crippen LogP contribution >= 0.6 is 0 Å². The summed E-state index contributed by atoms with van der Waals surface area (Å²) in [5, 5.41) is 24.6. The molecule has 0 unspecified atom stereocenters. The fourth-order valence-corrected chi connectivity index (χ4v) is 13.9. The van der Waals surface area contributed by atoms with Crippen molar-refractivity contribution in [3.63, 3.8) is 0 Å². The van der Waals surface area contributed by atoms with E-state index in [1.54, 1.807) is 105 Å². The monoisotopic (exact) mass is 1440 g/mol. The largest absolute Gasteiger partial charge is 0.449 e. The molecule has 0 bridgehead atoms. The third-order valence-corrected chi connectivity index (χ3v) is 19.4. The van der Waals surface area contributed by atoms with Crippen molar-refractivity contribution in [2.24, 2.45) is 17.4 Å². The molecule has 7 aromatic carbocycles. The highest BCUT2D eigenvalue weighted by Gasteiger charge is 2.37. The van der Waals surface area contributed by atoms with Crippen LogP contribution < -0.4 is 54.0 Å². The molecule has 10 aromatic rings. The van der Waals surface area contributed by atoms with Crippen molar-refractivity contribution in [3.8, 4) is 11.1 Å². The Morgan fingerprint density at radius 1 is 0.411 bits per heavy atom. The molecular formula is C83H89N13O11. The van der Waals surface area contributed by atoms with Gasteiger partial charge >= 0.3 is 6.09 Å². The third kappa shape index (κ3) is 19.0. The minimum absolute atomic E-state index is 0.00351. The number of fused-ring (bicyclic) bond motifs is 6. The van der Waals surface area contributed by atoms with E-state index in [-0.39, 0.29) is 75.5 Å². The topological polar surface area (TPSA) is 376 Å². The lowest BCUT2D eigenvalue weighted by molar-refractivity contribution is -0.136. The van der Waals surface area contributed by atoms with Crippen molar-refractivity contribution in [2.75, 3.05) is 6.61 Å². The first-order valence-electron chi connectivity index (χ1n) is 36.0. The van der Waals surface area contributed by atoms with E-state index in [9.17, 15) is 24.0 Å². The Kier molecular flexibility index (Phi) is 24.9. The molecule has 107 heavy (non-hydrogen) atoms. The zero-order valence-corrected chi connectivity index (χ0v) is 60.0. The second kappa shape index (κ2) is 35.3. The number of aromatic nitrogens is 3. The van der Waals surface area contributed by atoms with Crippen LogP contribution in [0.25, 0.3) is 43.8 Å². The van der Waals surface area contributed by atoms with Gasteiger partial charge in [-0.2, -0.15) is 0 Å². The summed E-state index contributed by atoms with van der Waals surface area (Å²) in [6.07, 6.45) is 3.57. The number of allylic oxidation sites excluding steroid dienone is 1. The van der Waals surface area contributed by atoms with Gasteiger partial charge in [0.15, 0.2) is 0 Å². The Balaban J connectivity index is 0.837. The van der Waals surface area contributed by atoms with Crippen molar-refractivity contribution in [3.05, 3.63) is 251 Å². The van der Waals surface area contributed by atoms with Gasteiger partial charge in [-0.1, -0.05) is 191 Å². The van der Waals surface area contributed by atoms with Crippen LogP contribution in [0.2, 0.25) is 0 Å². The molecule has 3 heterocycles. The lowest BCUT2D eigenvalue weighted by atomic mass is 9.98. The maximum atomic E-state index is 15.2. The fourth-order valence-electron chi connectivity index (χ4n) is 13.9. The average Bonchev–Trinajstić information content (AvgIpc) is 1.62. The number of hydrogen-bond acceptors (Lipinski definition) is 11. The Bertz CT molecular complexity index is 4880. The molecule has 10 amide bonds. The van der Waals surface area contributed by atoms with Crippen LogP contribution in [0.3, 0.4) is 0 Å². The number of hydrogen-bond donors (Lipinski definition) is 13. The molecule has 11 rings (SSSR count). The van der Waals surface area contributed by atoms with Crippen LogP contribution in [0.4, 0.5) is 4.79 Å². The average molecular weight is 1440 g/mol. The van der Waals surface area contributed by atoms with E-state index in [0.29, 0.717) is 44.3 Å². The van der Waals surface area contributed by atoms with Crippen molar-refractivity contribution >= 4 is 92.0 Å². The van der Waals surface area contributed by atoms with Crippen LogP contribution in [0, 0.1) is 5.92 Å². The molecule has 1 aliphatic rings. The zero-order chi connectivity index (χ0) is 75.7. The van der Waals surface area contributed by atoms with Crippen LogP contribution in [-0.2, 0) is 80.0 Å². The maximum Gasteiger partial charge on any atom is 0.407 e. The number of carbonyl (C=O) groups excluding carboxylic acids is 10. The van der Waals surface area contributed by atoms with Gasteiger partial charge in [-0.15, -0.1) is 0 Å². The number of carbonyl (C=O) groups is 10. The van der Waals surface area contributed by atoms with E-state index >= 15 is 24.0 Å². The molecule has 7 atom stereocenters. The molecule has 24 heteroatoms. The van der Waals surface area contributed by atoms with Gasteiger partial charge in [-0.3, -0.25) is 43.2 Å². The minimum Gasteiger partial charge on any atom is -0.449 e. The smallest absolute Gasteiger partial charge is 0.407 e. The molecule has 0 fully saturated rings. The Morgan fingerprint density at radius 2 is 0.785 bits per heavy atom. The van der Waals surface area contributed by atoms with E-state index in [0.717, 1.165) is 44.1 Å². The SMILES string of the molecule is CCC(CC)=C(NC(=O)[C@H](Cc1ccccc1)NC(=O)[C@H](Cc1c[nH]c2ccccc12)NC(=O)OCC1c2ccccc2-c2ccccc21)C(=O)N[C@@H](CC(C)C)C(=O)N[C@@H](Cc1c[nH]c2ccccc12)C(=O)N[C@@H](CC(N)=O)C(=O)N[C@@H](Cc1c[nH]c2ccccc12)C(=O)N[C@@H](Cc1ccccc1)C(N)=O. The lowest BCUT2D eigenvalue weighted by Gasteiger charge is -2.28. The summed E-state index contributed by atoms with van der Waals surface area (Å²) in [5.41, 5.74) is 21.5. The molecule has 3 aromatic heterocycles. The van der Waals surface area contributed by atoms with E-state index in [1.807, 2.05) is 123 Å². The third-order valence-electron chi connectivity index (χ3n) is 19.4. The Hall–Kier alpha value is -12.6. The molecule has 0 saturated carbocycles. The quantitative estimate of drug-likeness (QED) is 0.0171. The van der Waals surface area contributed by atoms with Gasteiger partial charge in [0.2, 0.25) is 47.3 Å². The van der Waals surface area contributed by atoms with Gasteiger partial charge < -0.3 is 73.7 Å². The summed E-state index contributed by atoms with van der Waals surface area (Å²) >= 11 is 0. The Morgan fingerprint density at radius 3 is 1.22 bits per heavy atom. The molecule has 15 N–H and O–H groups in total. The summed E-state index contributed by atoms with van der Waals surface area (Å²) < 4.78 is 5.98. The number of primary amides is 2. The normalized spacial score (nSPS) is 13.7. The molecule has 1 aliphatic carbocycles. The molecular weight excluding hydrogens is 1350 g/mol. The predicted octanol–water partition coefficient (Wildman–Crippen LogP) is 8.06. The second-order valence-corrected chi connectivity index (χ2v) is 27.3. The van der Waals surface area contributed by atoms with Crippen LogP contribution in [0.5, 0.6) is 0 Å². The van der Waals surface area contributed by atoms with Crippen LogP contribution in [-0.4, -0.2) is 123 Å². The van der Waals surface area contributed by atoms with Crippen LogP contribution in [0.15, 0.2) is 212 Å². The molecule has 0 saturated heterocycles. The lowest BCUT2D eigenvalue weighted by Crippen LogP contribution is -2.60. The number of ether oxygens (including phenoxy) is 1. The first-order valence-corrected chi connectivity index (χ1v) is 36.0. The molecule has 0 aliphatic heterocycles. The molecule has 0 radical (unpaired) electrons. The Labute approximate surface area is 618 Å². The molecule has 0 spiro atoms. The number of amides is 10. The highest BCUT2D eigenvalue weighted by Crippen LogP contribution is 2.44. The zero-order valence-electron chi connectivity index (χ0n) is 60.0. The first kappa shape index (κ1) is 75.6. The number of H-pyrrole nitrogens is 3. The number of rotatable bonds is 34. The van der Waals surface area contributed by atoms with Gasteiger partial charge in [0.1, 0.15) is 54.6 Å². The standard InChI is InChI=1S/C83H89N13O11/c1-5-51(6-2)74(96-81(104)68(39-50-25-11-8-12-26-50)90-79(102)71(42-54-46-88-65-36-22-19-29-57(54)65)95-83(106)107-47-62-60-32-15-13-30-58(60)59-31-14-16-33-61(59)62)82(105)94-67(37-48(3)4)76(99)91-70(41-53-45-87-64-35-21-18-28-56(53)64)78(101)93-72(43-73(84)97)80(103)92-69(40-52-44-86-63-34-20-17-27-55(52)63)77(100)89-66(75(85)98)38-49-23-9-7-10-24-49/h7-36,44-46,48,62,66-72,86-88H,5-6,37-43,47H2,1-4H3,(H2,84,97)(H2,85,98)(H,89,100)(H,90,102)(H,91,99)(H,92,103)(H,93,101)(H,94,105)(H,95,106)(H,96,104)/t66-,67-,68-,69-,70-,71-,72-/m0/s1. The van der Waals surface area contributed by atoms with Crippen molar-refractivity contribution in [1.29, 1.82) is 0 Å². The first-order chi connectivity index (χ1) is 51.7. The van der Waals surface area contributed by atoms with Crippen molar-refractivity contribution < 1.29 is 52.7 Å². The number of para-hydroxylation sites is 3. The maximum absolute atomic E-state index is 15.2. The van der Waals surface area contributed by atoms with Gasteiger partial charge in [0.25, 0.3) is 5.91 Å². The van der Waals surface area contributed by atoms with Crippen molar-refractivity contribution in [2.45, 2.75) is 134 Å². The van der Waals surface area contributed by atoms with Gasteiger partial charge in [0.05, 0.1) is 6.42 Å². The number of alkyl carbamates (subject to hydrolysis) is 1. The summed E-state index contributed by atoms with van der Waals surface area (Å²) in [6.45, 7) is 7.22. The number of nitrogens with one attached hydrogen (secondary N) is 11. The number of benzene rings is 7. The molecule has 552 valence electrons. The minimum atomic E-state index is -1.75. The van der Waals surface area contributed by atoms with E-state index in [1.165, 1.54) is 0 Å². The summed E-state index contributed by atoms with van der Waals surface area (Å²) in [5.74, 6) is -8.39. The molecule has 24 nitrogen and oxygen atoms in total. The number of aromatic amines is 3. The summed E-state index contributed by atoms with van der Waals surface area (Å²) in [4.78, 5) is 155. The van der Waals surface area contributed by atoms with Gasteiger partial charge in [0, 0.05) is 89.3 Å². The van der Waals surface area contributed by atoms with E-state index in [4.69, 9.17) is 16.2 Å². The number of nitrogens with two attached hydrogens (primary N) is 2. The highest BCUT2D eigenvalue weighted by molar-refractivity contribution is 6.03. The van der Waals surface area contributed by atoms with Crippen LogP contribution in [0.1, 0.15) is 98.2 Å². The fraction of sp³-hybridized carbons (Fsp3) is 0.277. The highest BCUT2D eigenvalue weighted by atomic mass is 16.5. The summed E-state index contributed by atoms with van der Waals surface area (Å²) in [7, 11) is 0. The summed E-state index contributed by atoms with van der Waals surface area (Å²) in [6, 6.07) is 45.7. The predicted molar refractivity (Wildman–Crippen MR) is 408 cm³/mol. The van der Waals surface area contributed by atoms with Crippen molar-refractivity contribution in [1.82, 2.24) is 57.5 Å². The van der Waals surface area contributed by atoms with E-state index < -0.39 is 108 Å². The second-order valence-electron chi connectivity index (χ2n) is 27.3.